The molecule has 0 saturated heterocycles. The van der Waals surface area contributed by atoms with Gasteiger partial charge in [0.05, 0.1) is 11.8 Å². The zero-order valence-corrected chi connectivity index (χ0v) is 15.8. The number of carbonyl (C=O) groups is 1. The average molecular weight is 359 g/mol. The monoisotopic (exact) mass is 358 g/mol. The van der Waals surface area contributed by atoms with Crippen LogP contribution in [0.3, 0.4) is 0 Å². The smallest absolute Gasteiger partial charge is 0.230 e. The number of fused-ring (bicyclic) bond motifs is 1. The number of nitrogens with zero attached hydrogens (tertiary/aromatic N) is 2. The Morgan fingerprint density at radius 1 is 1.32 bits per heavy atom. The Hall–Kier alpha value is -1.82. The molecular weight excluding hydrogens is 332 g/mol. The molecule has 1 aromatic carbocycles. The number of rotatable bonds is 7. The molecule has 3 rings (SSSR count). The Labute approximate surface area is 153 Å². The molecule has 1 aliphatic carbocycles. The summed E-state index contributed by atoms with van der Waals surface area (Å²) in [6.07, 6.45) is 6.81. The summed E-state index contributed by atoms with van der Waals surface area (Å²) < 4.78 is 0. The van der Waals surface area contributed by atoms with E-state index in [1.165, 1.54) is 47.7 Å². The zero-order valence-electron chi connectivity index (χ0n) is 15.0. The van der Waals surface area contributed by atoms with Gasteiger partial charge in [0.25, 0.3) is 0 Å². The summed E-state index contributed by atoms with van der Waals surface area (Å²) in [5.74, 6) is 1.23. The van der Waals surface area contributed by atoms with Crippen LogP contribution in [0.4, 0.5) is 0 Å². The van der Waals surface area contributed by atoms with Crippen LogP contribution in [0.15, 0.2) is 23.4 Å². The molecule has 1 amide bonds. The number of carbonyl (C=O) groups excluding carboxylic acids is 1. The van der Waals surface area contributed by atoms with E-state index in [0.29, 0.717) is 10.9 Å². The van der Waals surface area contributed by atoms with Crippen LogP contribution >= 0.6 is 11.8 Å². The molecule has 25 heavy (non-hydrogen) atoms. The number of hydrogen-bond donors (Lipinski definition) is 2. The highest BCUT2D eigenvalue weighted by Gasteiger charge is 2.15. The second kappa shape index (κ2) is 8.52. The third kappa shape index (κ3) is 4.84. The lowest BCUT2D eigenvalue weighted by Crippen LogP contribution is -2.28. The van der Waals surface area contributed by atoms with E-state index in [1.54, 1.807) is 0 Å². The first-order chi connectivity index (χ1) is 12.2. The minimum atomic E-state index is 0.0112. The van der Waals surface area contributed by atoms with Crippen LogP contribution < -0.4 is 5.32 Å². The summed E-state index contributed by atoms with van der Waals surface area (Å²) in [6, 6.07) is 6.65. The lowest BCUT2D eigenvalue weighted by atomic mass is 9.89. The molecule has 1 aromatic heterocycles. The number of aromatic nitrogens is 3. The number of H-pyrrole nitrogens is 1. The van der Waals surface area contributed by atoms with Crippen LogP contribution in [-0.2, 0) is 24.1 Å². The van der Waals surface area contributed by atoms with Crippen LogP contribution in [0.2, 0.25) is 0 Å². The summed E-state index contributed by atoms with van der Waals surface area (Å²) in [5, 5.41) is 10.8. The Balaban J connectivity index is 1.51. The highest BCUT2D eigenvalue weighted by molar-refractivity contribution is 7.99. The van der Waals surface area contributed by atoms with E-state index in [2.05, 4.69) is 45.6 Å². The maximum Gasteiger partial charge on any atom is 0.230 e. The number of aromatic amines is 1. The van der Waals surface area contributed by atoms with Crippen molar-refractivity contribution in [3.63, 3.8) is 0 Å². The van der Waals surface area contributed by atoms with Gasteiger partial charge in [-0.25, -0.2) is 4.98 Å². The van der Waals surface area contributed by atoms with Gasteiger partial charge >= 0.3 is 0 Å². The normalized spacial score (nSPS) is 14.8. The topological polar surface area (TPSA) is 70.7 Å². The van der Waals surface area contributed by atoms with Crippen molar-refractivity contribution in [1.82, 2.24) is 20.5 Å². The molecule has 0 spiro atoms. The first-order valence-electron chi connectivity index (χ1n) is 9.11. The van der Waals surface area contributed by atoms with Crippen LogP contribution in [0, 0.1) is 0 Å². The van der Waals surface area contributed by atoms with E-state index >= 15 is 0 Å². The van der Waals surface area contributed by atoms with Crippen molar-refractivity contribution < 1.29 is 4.79 Å². The summed E-state index contributed by atoms with van der Waals surface area (Å²) >= 11 is 1.37. The van der Waals surface area contributed by atoms with Crippen molar-refractivity contribution in [3.8, 4) is 0 Å². The molecule has 1 atom stereocenters. The third-order valence-corrected chi connectivity index (χ3v) is 5.43. The summed E-state index contributed by atoms with van der Waals surface area (Å²) in [4.78, 5) is 16.6. The number of amides is 1. The molecule has 134 valence electrons. The van der Waals surface area contributed by atoms with Crippen molar-refractivity contribution in [2.24, 2.45) is 0 Å². The average Bonchev–Trinajstić information content (AvgIpc) is 3.07. The first kappa shape index (κ1) is 18.0. The number of benzene rings is 1. The van der Waals surface area contributed by atoms with Gasteiger partial charge < -0.3 is 5.32 Å². The van der Waals surface area contributed by atoms with Gasteiger partial charge in [-0.1, -0.05) is 36.9 Å². The van der Waals surface area contributed by atoms with Crippen LogP contribution in [0.5, 0.6) is 0 Å². The maximum atomic E-state index is 12.2. The van der Waals surface area contributed by atoms with Crippen molar-refractivity contribution in [2.45, 2.75) is 63.6 Å². The lowest BCUT2D eigenvalue weighted by molar-refractivity contribution is -0.119. The second-order valence-electron chi connectivity index (χ2n) is 6.63. The molecule has 0 fully saturated rings. The van der Waals surface area contributed by atoms with Gasteiger partial charge in [-0.3, -0.25) is 9.89 Å². The van der Waals surface area contributed by atoms with Gasteiger partial charge in [-0.15, -0.1) is 5.10 Å². The van der Waals surface area contributed by atoms with E-state index < -0.39 is 0 Å². The van der Waals surface area contributed by atoms with Gasteiger partial charge in [0.15, 0.2) is 0 Å². The summed E-state index contributed by atoms with van der Waals surface area (Å²) in [7, 11) is 0. The molecule has 0 unspecified atom stereocenters. The van der Waals surface area contributed by atoms with E-state index in [0.717, 1.165) is 25.1 Å². The Kier molecular flexibility index (Phi) is 6.13. The fraction of sp³-hybridized carbons (Fsp3) is 0.526. The number of thioether (sulfide) groups is 1. The van der Waals surface area contributed by atoms with E-state index in [1.807, 2.05) is 6.92 Å². The Morgan fingerprint density at radius 3 is 2.92 bits per heavy atom. The van der Waals surface area contributed by atoms with Gasteiger partial charge in [0, 0.05) is 6.42 Å². The SMILES string of the molecule is CCCc1nc(SCC(=O)N[C@@H](C)c2ccc3c(c2)CCCC3)n[nH]1. The van der Waals surface area contributed by atoms with Crippen LogP contribution in [0.25, 0.3) is 0 Å². The molecule has 6 heteroatoms. The van der Waals surface area contributed by atoms with Gasteiger partial charge in [0.1, 0.15) is 5.82 Å². The predicted octanol–water partition coefficient (Wildman–Crippen LogP) is 3.61. The van der Waals surface area contributed by atoms with Crippen molar-refractivity contribution >= 4 is 17.7 Å². The highest BCUT2D eigenvalue weighted by Crippen LogP contribution is 2.25. The lowest BCUT2D eigenvalue weighted by Gasteiger charge is -2.20. The molecule has 2 N–H and O–H groups in total. The summed E-state index contributed by atoms with van der Waals surface area (Å²) in [6.45, 7) is 4.14. The van der Waals surface area contributed by atoms with Crippen LogP contribution in [-0.4, -0.2) is 26.8 Å². The van der Waals surface area contributed by atoms with E-state index in [-0.39, 0.29) is 11.9 Å². The molecule has 0 radical (unpaired) electrons. The quantitative estimate of drug-likeness (QED) is 0.742. The van der Waals surface area contributed by atoms with Crippen LogP contribution in [0.1, 0.15) is 61.7 Å². The van der Waals surface area contributed by atoms with Crippen molar-refractivity contribution in [3.05, 3.63) is 40.7 Å². The maximum absolute atomic E-state index is 12.2. The molecule has 0 bridgehead atoms. The predicted molar refractivity (Wildman–Crippen MR) is 101 cm³/mol. The van der Waals surface area contributed by atoms with Crippen molar-refractivity contribution in [1.29, 1.82) is 0 Å². The number of aryl methyl sites for hydroxylation is 3. The molecule has 5 nitrogen and oxygen atoms in total. The molecule has 2 aromatic rings. The number of nitrogens with one attached hydrogen (secondary N) is 2. The summed E-state index contributed by atoms with van der Waals surface area (Å²) in [5.41, 5.74) is 4.10. The van der Waals surface area contributed by atoms with Gasteiger partial charge in [-0.05, 0) is 55.7 Å². The fourth-order valence-electron chi connectivity index (χ4n) is 3.21. The molecule has 1 aliphatic rings. The highest BCUT2D eigenvalue weighted by atomic mass is 32.2. The Bertz CT molecular complexity index is 728. The largest absolute Gasteiger partial charge is 0.349 e. The Morgan fingerprint density at radius 2 is 2.12 bits per heavy atom. The minimum absolute atomic E-state index is 0.0112. The fourth-order valence-corrected chi connectivity index (χ4v) is 3.84. The van der Waals surface area contributed by atoms with E-state index in [9.17, 15) is 4.79 Å². The molecule has 0 aliphatic heterocycles. The van der Waals surface area contributed by atoms with Gasteiger partial charge in [-0.2, -0.15) is 0 Å². The molecular formula is C19H26N4OS. The van der Waals surface area contributed by atoms with E-state index in [4.69, 9.17) is 0 Å². The zero-order chi connectivity index (χ0) is 17.6. The molecule has 1 heterocycles. The molecule has 0 saturated carbocycles. The standard InChI is InChI=1S/C19H26N4OS/c1-3-6-17-21-19(23-22-17)25-12-18(24)20-13(2)15-10-9-14-7-4-5-8-16(14)11-15/h9-11,13H,3-8,12H2,1-2H3,(H,20,24)(H,21,22,23)/t13-/m0/s1. The number of hydrogen-bond acceptors (Lipinski definition) is 4. The second-order valence-corrected chi connectivity index (χ2v) is 7.57. The third-order valence-electron chi connectivity index (χ3n) is 4.58. The first-order valence-corrected chi connectivity index (χ1v) is 10.1. The van der Waals surface area contributed by atoms with Crippen molar-refractivity contribution in [2.75, 3.05) is 5.75 Å². The van der Waals surface area contributed by atoms with Gasteiger partial charge in [0.2, 0.25) is 11.1 Å². The minimum Gasteiger partial charge on any atom is -0.349 e.